The van der Waals surface area contributed by atoms with Gasteiger partial charge in [0, 0.05) is 16.4 Å². The van der Waals surface area contributed by atoms with Crippen LogP contribution in [0.4, 0.5) is 14.6 Å². The Morgan fingerprint density at radius 2 is 1.67 bits per heavy atom. The van der Waals surface area contributed by atoms with E-state index >= 15 is 0 Å². The fourth-order valence-electron chi connectivity index (χ4n) is 2.99. The Morgan fingerprint density at radius 1 is 1.04 bits per heavy atom. The minimum Gasteiger partial charge on any atom is -0.310 e. The van der Waals surface area contributed by atoms with Crippen molar-refractivity contribution in [3.63, 3.8) is 0 Å². The molecule has 1 aliphatic rings. The molecule has 5 nitrogen and oxygen atoms in total. The average Bonchev–Trinajstić information content (AvgIpc) is 3.15. The van der Waals surface area contributed by atoms with Gasteiger partial charge in [0.2, 0.25) is 5.91 Å². The highest BCUT2D eigenvalue weighted by Crippen LogP contribution is 2.31. The lowest BCUT2D eigenvalue weighted by Crippen LogP contribution is -2.18. The summed E-state index contributed by atoms with van der Waals surface area (Å²) < 4.78 is 39.7. The SMILES string of the molecule is O=C(Cc1ccc(F)cc1)Nc1c2c(nn1-c1ccc(F)cc1)C[S@](=O)C2. The molecule has 1 aliphatic heterocycles. The quantitative estimate of drug-likeness (QED) is 0.748. The predicted molar refractivity (Wildman–Crippen MR) is 97.8 cm³/mol. The van der Waals surface area contributed by atoms with Gasteiger partial charge in [-0.15, -0.1) is 0 Å². The van der Waals surface area contributed by atoms with Crippen molar-refractivity contribution in [3.05, 3.63) is 77.0 Å². The molecular formula is C19H15F2N3O2S. The Kier molecular flexibility index (Phi) is 4.57. The lowest BCUT2D eigenvalue weighted by atomic mass is 10.1. The van der Waals surface area contributed by atoms with Crippen LogP contribution in [0.1, 0.15) is 16.8 Å². The third kappa shape index (κ3) is 3.66. The van der Waals surface area contributed by atoms with Gasteiger partial charge in [-0.1, -0.05) is 12.1 Å². The predicted octanol–water partition coefficient (Wildman–Crippen LogP) is 3.09. The zero-order valence-electron chi connectivity index (χ0n) is 14.1. The molecule has 4 rings (SSSR count). The molecule has 0 unspecified atom stereocenters. The first-order valence-corrected chi connectivity index (χ1v) is 9.74. The second-order valence-corrected chi connectivity index (χ2v) is 7.70. The summed E-state index contributed by atoms with van der Waals surface area (Å²) in [6, 6.07) is 11.4. The van der Waals surface area contributed by atoms with E-state index in [0.29, 0.717) is 34.3 Å². The molecule has 27 heavy (non-hydrogen) atoms. The number of amides is 1. The summed E-state index contributed by atoms with van der Waals surface area (Å²) in [6.45, 7) is 0. The molecule has 2 heterocycles. The molecule has 1 aromatic heterocycles. The second kappa shape index (κ2) is 7.03. The van der Waals surface area contributed by atoms with Crippen LogP contribution in [-0.4, -0.2) is 19.9 Å². The summed E-state index contributed by atoms with van der Waals surface area (Å²) in [4.78, 5) is 12.5. The van der Waals surface area contributed by atoms with E-state index in [0.717, 1.165) is 5.56 Å². The number of nitrogens with zero attached hydrogens (tertiary/aromatic N) is 2. The summed E-state index contributed by atoms with van der Waals surface area (Å²) >= 11 is 0. The Labute approximate surface area is 156 Å². The summed E-state index contributed by atoms with van der Waals surface area (Å²) in [5.74, 6) is 0.0303. The molecule has 0 saturated carbocycles. The third-order valence-electron chi connectivity index (χ3n) is 4.28. The van der Waals surface area contributed by atoms with Crippen LogP contribution in [-0.2, 0) is 33.5 Å². The number of aromatic nitrogens is 2. The van der Waals surface area contributed by atoms with Crippen LogP contribution >= 0.6 is 0 Å². The number of carbonyl (C=O) groups excluding carboxylic acids is 1. The van der Waals surface area contributed by atoms with Crippen molar-refractivity contribution in [2.75, 3.05) is 5.32 Å². The Hall–Kier alpha value is -2.87. The summed E-state index contributed by atoms with van der Waals surface area (Å²) in [7, 11) is -1.05. The largest absolute Gasteiger partial charge is 0.310 e. The maximum absolute atomic E-state index is 13.2. The normalized spacial score (nSPS) is 15.6. The van der Waals surface area contributed by atoms with Gasteiger partial charge >= 0.3 is 0 Å². The van der Waals surface area contributed by atoms with Gasteiger partial charge in [-0.3, -0.25) is 9.00 Å². The number of halogens is 2. The molecule has 0 radical (unpaired) electrons. The van der Waals surface area contributed by atoms with Gasteiger partial charge in [0.1, 0.15) is 17.5 Å². The van der Waals surface area contributed by atoms with Gasteiger partial charge in [-0.05, 0) is 42.0 Å². The van der Waals surface area contributed by atoms with Gasteiger partial charge in [0.25, 0.3) is 0 Å². The fraction of sp³-hybridized carbons (Fsp3) is 0.158. The van der Waals surface area contributed by atoms with Crippen molar-refractivity contribution in [2.24, 2.45) is 0 Å². The topological polar surface area (TPSA) is 64.0 Å². The summed E-state index contributed by atoms with van der Waals surface area (Å²) in [5.41, 5.74) is 2.65. The first-order valence-electron chi connectivity index (χ1n) is 8.25. The van der Waals surface area contributed by atoms with E-state index in [4.69, 9.17) is 0 Å². The minimum absolute atomic E-state index is 0.0622. The van der Waals surface area contributed by atoms with Gasteiger partial charge in [0.15, 0.2) is 0 Å². The second-order valence-electron chi connectivity index (χ2n) is 6.24. The molecule has 0 fully saturated rings. The van der Waals surface area contributed by atoms with Crippen LogP contribution in [0.5, 0.6) is 0 Å². The van der Waals surface area contributed by atoms with Crippen molar-refractivity contribution in [2.45, 2.75) is 17.9 Å². The zero-order chi connectivity index (χ0) is 19.0. The highest BCUT2D eigenvalue weighted by atomic mass is 32.2. The molecule has 0 bridgehead atoms. The van der Waals surface area contributed by atoms with Gasteiger partial charge in [-0.2, -0.15) is 5.10 Å². The van der Waals surface area contributed by atoms with E-state index in [-0.39, 0.29) is 24.0 Å². The average molecular weight is 387 g/mol. The van der Waals surface area contributed by atoms with E-state index in [1.54, 1.807) is 24.3 Å². The number of hydrogen-bond donors (Lipinski definition) is 1. The molecule has 1 N–H and O–H groups in total. The highest BCUT2D eigenvalue weighted by molar-refractivity contribution is 7.83. The van der Waals surface area contributed by atoms with Crippen LogP contribution in [0, 0.1) is 11.6 Å². The fourth-order valence-corrected chi connectivity index (χ4v) is 4.25. The molecule has 8 heteroatoms. The Balaban J connectivity index is 1.64. The maximum Gasteiger partial charge on any atom is 0.229 e. The monoisotopic (exact) mass is 387 g/mol. The Bertz CT molecular complexity index is 1030. The van der Waals surface area contributed by atoms with Crippen molar-refractivity contribution in [3.8, 4) is 5.69 Å². The van der Waals surface area contributed by atoms with Crippen molar-refractivity contribution < 1.29 is 17.8 Å². The van der Waals surface area contributed by atoms with Crippen molar-refractivity contribution >= 4 is 22.5 Å². The van der Waals surface area contributed by atoms with Crippen molar-refractivity contribution in [1.82, 2.24) is 9.78 Å². The van der Waals surface area contributed by atoms with Crippen LogP contribution in [0.2, 0.25) is 0 Å². The number of nitrogens with one attached hydrogen (secondary N) is 1. The van der Waals surface area contributed by atoms with Crippen LogP contribution in [0.3, 0.4) is 0 Å². The standard InChI is InChI=1S/C19H15F2N3O2S/c20-13-3-1-12(2-4-13)9-18(25)22-19-16-10-27(26)11-17(16)23-24(19)15-7-5-14(21)6-8-15/h1-8H,9-11H2,(H,22,25)/t27-/m1/s1. The number of carbonyl (C=O) groups is 1. The van der Waals surface area contributed by atoms with Crippen LogP contribution < -0.4 is 5.32 Å². The van der Waals surface area contributed by atoms with E-state index in [2.05, 4.69) is 10.4 Å². The number of anilines is 1. The first-order chi connectivity index (χ1) is 13.0. The number of hydrogen-bond acceptors (Lipinski definition) is 3. The number of fused-ring (bicyclic) bond motifs is 1. The minimum atomic E-state index is -1.05. The molecule has 1 amide bonds. The van der Waals surface area contributed by atoms with Gasteiger partial charge < -0.3 is 5.32 Å². The first kappa shape index (κ1) is 17.5. The van der Waals surface area contributed by atoms with Gasteiger partial charge in [-0.25, -0.2) is 13.5 Å². The highest BCUT2D eigenvalue weighted by Gasteiger charge is 2.28. The third-order valence-corrected chi connectivity index (χ3v) is 5.48. The molecule has 0 aliphatic carbocycles. The van der Waals surface area contributed by atoms with Crippen LogP contribution in [0.25, 0.3) is 5.69 Å². The smallest absolute Gasteiger partial charge is 0.229 e. The molecule has 2 aromatic carbocycles. The molecule has 1 atom stereocenters. The molecule has 3 aromatic rings. The summed E-state index contributed by atoms with van der Waals surface area (Å²) in [6.07, 6.45) is 0.0622. The van der Waals surface area contributed by atoms with Crippen LogP contribution in [0.15, 0.2) is 48.5 Å². The van der Waals surface area contributed by atoms with E-state index in [1.807, 2.05) is 0 Å². The Morgan fingerprint density at radius 3 is 2.33 bits per heavy atom. The molecular weight excluding hydrogens is 372 g/mol. The number of benzene rings is 2. The zero-order valence-corrected chi connectivity index (χ0v) is 14.9. The van der Waals surface area contributed by atoms with Gasteiger partial charge in [0.05, 0.1) is 29.3 Å². The summed E-state index contributed by atoms with van der Waals surface area (Å²) in [5, 5.41) is 7.28. The molecule has 0 spiro atoms. The maximum atomic E-state index is 13.2. The lowest BCUT2D eigenvalue weighted by Gasteiger charge is -2.11. The number of rotatable bonds is 4. The lowest BCUT2D eigenvalue weighted by molar-refractivity contribution is -0.115. The van der Waals surface area contributed by atoms with E-state index in [9.17, 15) is 17.8 Å². The van der Waals surface area contributed by atoms with E-state index < -0.39 is 10.8 Å². The molecule has 138 valence electrons. The van der Waals surface area contributed by atoms with Crippen molar-refractivity contribution in [1.29, 1.82) is 0 Å². The molecule has 0 saturated heterocycles. The van der Waals surface area contributed by atoms with E-state index in [1.165, 1.54) is 28.9 Å².